The molecule has 0 aliphatic carbocycles. The third kappa shape index (κ3) is 3.89. The van der Waals surface area contributed by atoms with Gasteiger partial charge in [-0.1, -0.05) is 72.8 Å². The van der Waals surface area contributed by atoms with Crippen molar-refractivity contribution in [2.24, 2.45) is 0 Å². The molecule has 0 aliphatic heterocycles. The molecular weight excluding hydrogens is 376 g/mol. The minimum absolute atomic E-state index is 0.177. The molecule has 0 spiro atoms. The second kappa shape index (κ2) is 8.53. The van der Waals surface area contributed by atoms with E-state index in [9.17, 15) is 14.4 Å². The summed E-state index contributed by atoms with van der Waals surface area (Å²) in [4.78, 5) is 36.8. The van der Waals surface area contributed by atoms with Crippen molar-refractivity contribution in [3.8, 4) is 0 Å². The zero-order chi connectivity index (χ0) is 20.9. The molecule has 0 saturated heterocycles. The monoisotopic (exact) mass is 393 g/mol. The van der Waals surface area contributed by atoms with Crippen molar-refractivity contribution in [1.82, 2.24) is 0 Å². The average molecular weight is 393 g/mol. The number of ketones is 1. The molecule has 1 radical (unpaired) electrons. The topological polar surface area (TPSA) is 60.4 Å². The molecule has 4 aromatic carbocycles. The highest BCUT2D eigenvalue weighted by molar-refractivity contribution is 6.17. The number of rotatable bonds is 6. The van der Waals surface area contributed by atoms with Gasteiger partial charge in [-0.05, 0) is 34.5 Å². The quantitative estimate of drug-likeness (QED) is 0.346. The van der Waals surface area contributed by atoms with Gasteiger partial charge in [-0.3, -0.25) is 9.59 Å². The number of benzene rings is 4. The lowest BCUT2D eigenvalue weighted by Gasteiger charge is -2.08. The van der Waals surface area contributed by atoms with Gasteiger partial charge in [-0.15, -0.1) is 0 Å². The largest absolute Gasteiger partial charge is 0.457 e. The third-order valence-corrected chi connectivity index (χ3v) is 4.87. The Balaban J connectivity index is 1.54. The van der Waals surface area contributed by atoms with Gasteiger partial charge in [0.15, 0.2) is 5.78 Å². The summed E-state index contributed by atoms with van der Waals surface area (Å²) >= 11 is 0. The number of fused-ring (bicyclic) bond motifs is 1. The van der Waals surface area contributed by atoms with Crippen LogP contribution >= 0.6 is 0 Å². The van der Waals surface area contributed by atoms with Gasteiger partial charge in [0.2, 0.25) is 6.29 Å². The molecule has 0 aliphatic rings. The van der Waals surface area contributed by atoms with Gasteiger partial charge in [0, 0.05) is 16.7 Å². The molecule has 0 saturated carbocycles. The first kappa shape index (κ1) is 19.3. The fraction of sp³-hybridized carbons (Fsp3) is 0.0385. The van der Waals surface area contributed by atoms with Crippen molar-refractivity contribution >= 4 is 28.8 Å². The van der Waals surface area contributed by atoms with Gasteiger partial charge >= 0.3 is 5.97 Å². The molecule has 4 heteroatoms. The Morgan fingerprint density at radius 1 is 0.733 bits per heavy atom. The Labute approximate surface area is 173 Å². The summed E-state index contributed by atoms with van der Waals surface area (Å²) in [6.07, 6.45) is 1.91. The fourth-order valence-electron chi connectivity index (χ4n) is 3.29. The maximum atomic E-state index is 13.0. The normalized spacial score (nSPS) is 10.5. The second-order valence-corrected chi connectivity index (χ2v) is 6.78. The summed E-state index contributed by atoms with van der Waals surface area (Å²) < 4.78 is 5.31. The zero-order valence-corrected chi connectivity index (χ0v) is 16.0. The predicted molar refractivity (Wildman–Crippen MR) is 114 cm³/mol. The Hall–Kier alpha value is -4.05. The number of hydrogen-bond donors (Lipinski definition) is 0. The van der Waals surface area contributed by atoms with Crippen LogP contribution < -0.4 is 0 Å². The minimum atomic E-state index is -0.467. The molecule has 4 nitrogen and oxygen atoms in total. The van der Waals surface area contributed by atoms with E-state index in [1.54, 1.807) is 42.5 Å². The summed E-state index contributed by atoms with van der Waals surface area (Å²) in [5.74, 6) is -0.770. The summed E-state index contributed by atoms with van der Waals surface area (Å²) in [5.41, 5.74) is 2.14. The average Bonchev–Trinajstić information content (AvgIpc) is 2.82. The first-order valence-corrected chi connectivity index (χ1v) is 9.43. The van der Waals surface area contributed by atoms with Gasteiger partial charge in [0.1, 0.15) is 6.61 Å². The first-order chi connectivity index (χ1) is 14.7. The van der Waals surface area contributed by atoms with Crippen molar-refractivity contribution in [2.45, 2.75) is 6.61 Å². The molecule has 0 aromatic heterocycles. The van der Waals surface area contributed by atoms with Crippen molar-refractivity contribution < 1.29 is 19.1 Å². The number of ether oxygens (including phenoxy) is 1. The lowest BCUT2D eigenvalue weighted by atomic mass is 9.94. The van der Waals surface area contributed by atoms with Crippen molar-refractivity contribution in [3.05, 3.63) is 119 Å². The Kier molecular flexibility index (Phi) is 5.48. The summed E-state index contributed by atoms with van der Waals surface area (Å²) in [6.45, 7) is 0.177. The van der Waals surface area contributed by atoms with Crippen molar-refractivity contribution in [1.29, 1.82) is 0 Å². The highest BCUT2D eigenvalue weighted by Gasteiger charge is 2.17. The molecule has 30 heavy (non-hydrogen) atoms. The lowest BCUT2D eigenvalue weighted by molar-refractivity contribution is 0.0472. The smallest absolute Gasteiger partial charge is 0.338 e. The Bertz CT molecular complexity index is 1230. The predicted octanol–water partition coefficient (Wildman–Crippen LogP) is 4.89. The third-order valence-electron chi connectivity index (χ3n) is 4.87. The molecular formula is C26H17O4. The highest BCUT2D eigenvalue weighted by atomic mass is 16.5. The van der Waals surface area contributed by atoms with Crippen LogP contribution in [0.25, 0.3) is 10.8 Å². The summed E-state index contributed by atoms with van der Waals surface area (Å²) in [6, 6.07) is 26.4. The standard InChI is InChI=1S/C26H17O4/c27-16-24-22-9-5-4-8-19(22)14-15-23(24)25(28)20-10-12-21(13-11-20)26(29)30-17-18-6-2-1-3-7-18/h1-15H,17H2. The summed E-state index contributed by atoms with van der Waals surface area (Å²) in [7, 11) is 0. The van der Waals surface area contributed by atoms with E-state index in [4.69, 9.17) is 4.74 Å². The van der Waals surface area contributed by atoms with Gasteiger partial charge in [0.05, 0.1) is 5.56 Å². The van der Waals surface area contributed by atoms with Gasteiger partial charge in [0.25, 0.3) is 0 Å². The molecule has 0 atom stereocenters. The molecule has 0 unspecified atom stereocenters. The maximum Gasteiger partial charge on any atom is 0.338 e. The van der Waals surface area contributed by atoms with Crippen molar-refractivity contribution in [3.63, 3.8) is 0 Å². The number of carbonyl (C=O) groups excluding carboxylic acids is 3. The zero-order valence-electron chi connectivity index (χ0n) is 16.0. The lowest BCUT2D eigenvalue weighted by Crippen LogP contribution is -2.08. The van der Waals surface area contributed by atoms with Crippen LogP contribution in [0.3, 0.4) is 0 Å². The number of esters is 1. The first-order valence-electron chi connectivity index (χ1n) is 9.43. The number of carbonyl (C=O) groups is 2. The Morgan fingerprint density at radius 3 is 2.13 bits per heavy atom. The van der Waals surface area contributed by atoms with E-state index >= 15 is 0 Å². The van der Waals surface area contributed by atoms with Crippen LogP contribution in [0.2, 0.25) is 0 Å². The fourth-order valence-corrected chi connectivity index (χ4v) is 3.29. The van der Waals surface area contributed by atoms with Gasteiger partial charge in [-0.2, -0.15) is 0 Å². The van der Waals surface area contributed by atoms with Crippen LogP contribution in [0.1, 0.15) is 37.4 Å². The van der Waals surface area contributed by atoms with E-state index in [-0.39, 0.29) is 23.5 Å². The number of hydrogen-bond acceptors (Lipinski definition) is 4. The van der Waals surface area contributed by atoms with E-state index in [2.05, 4.69) is 0 Å². The van der Waals surface area contributed by atoms with Crippen LogP contribution in [0, 0.1) is 0 Å². The van der Waals surface area contributed by atoms with Crippen LogP contribution in [0.15, 0.2) is 91.0 Å². The molecule has 0 bridgehead atoms. The van der Waals surface area contributed by atoms with Gasteiger partial charge < -0.3 is 4.74 Å². The maximum absolute atomic E-state index is 13.0. The van der Waals surface area contributed by atoms with E-state index in [0.717, 1.165) is 10.9 Å². The molecule has 0 N–H and O–H groups in total. The molecule has 0 heterocycles. The van der Waals surface area contributed by atoms with Crippen LogP contribution in [0.4, 0.5) is 0 Å². The van der Waals surface area contributed by atoms with Crippen LogP contribution in [-0.2, 0) is 16.1 Å². The van der Waals surface area contributed by atoms with Crippen molar-refractivity contribution in [2.75, 3.05) is 0 Å². The van der Waals surface area contributed by atoms with Gasteiger partial charge in [-0.25, -0.2) is 4.79 Å². The summed E-state index contributed by atoms with van der Waals surface area (Å²) in [5, 5.41) is 1.54. The van der Waals surface area contributed by atoms with E-state index in [0.29, 0.717) is 16.5 Å². The molecule has 0 amide bonds. The molecule has 4 rings (SSSR count). The SMILES string of the molecule is O=[C]c1c(C(=O)c2ccc(C(=O)OCc3ccccc3)cc2)ccc2ccccc12. The van der Waals surface area contributed by atoms with Crippen LogP contribution in [0.5, 0.6) is 0 Å². The van der Waals surface area contributed by atoms with Crippen LogP contribution in [-0.4, -0.2) is 18.0 Å². The minimum Gasteiger partial charge on any atom is -0.457 e. The molecule has 145 valence electrons. The van der Waals surface area contributed by atoms with E-state index < -0.39 is 5.97 Å². The molecule has 4 aromatic rings. The molecule has 0 fully saturated rings. The highest BCUT2D eigenvalue weighted by Crippen LogP contribution is 2.23. The van der Waals surface area contributed by atoms with E-state index in [1.165, 1.54) is 0 Å². The second-order valence-electron chi connectivity index (χ2n) is 6.78. The van der Waals surface area contributed by atoms with E-state index in [1.807, 2.05) is 54.8 Å². The Morgan fingerprint density at radius 2 is 1.40 bits per heavy atom.